The summed E-state index contributed by atoms with van der Waals surface area (Å²) in [6.07, 6.45) is 3.31. The van der Waals surface area contributed by atoms with Crippen LogP contribution in [-0.2, 0) is 10.0 Å². The molecule has 1 fully saturated rings. The second-order valence-corrected chi connectivity index (χ2v) is 7.97. The van der Waals surface area contributed by atoms with Gasteiger partial charge in [-0.2, -0.15) is 9.29 Å². The monoisotopic (exact) mass is 363 g/mol. The average Bonchev–Trinajstić information content (AvgIpc) is 3.04. The maximum atomic E-state index is 12.9. The van der Waals surface area contributed by atoms with Crippen LogP contribution in [0.1, 0.15) is 17.5 Å². The molecule has 0 amide bonds. The van der Waals surface area contributed by atoms with Crippen molar-refractivity contribution in [3.05, 3.63) is 41.7 Å². The fourth-order valence-corrected chi connectivity index (χ4v) is 4.59. The molecule has 0 radical (unpaired) electrons. The quantitative estimate of drug-likeness (QED) is 0.807. The molecule has 0 spiro atoms. The van der Waals surface area contributed by atoms with Crippen LogP contribution < -0.4 is 9.47 Å². The third-order valence-electron chi connectivity index (χ3n) is 4.14. The van der Waals surface area contributed by atoms with Crippen molar-refractivity contribution in [3.63, 3.8) is 0 Å². The summed E-state index contributed by atoms with van der Waals surface area (Å²) in [4.78, 5) is 8.48. The second kappa shape index (κ2) is 6.97. The lowest BCUT2D eigenvalue weighted by Gasteiger charge is -2.18. The lowest BCUT2D eigenvalue weighted by Crippen LogP contribution is -2.31. The van der Waals surface area contributed by atoms with E-state index in [4.69, 9.17) is 9.47 Å². The first-order chi connectivity index (χ1) is 11.9. The number of hydrogen-bond acceptors (Lipinski definition) is 6. The van der Waals surface area contributed by atoms with Gasteiger partial charge in [0, 0.05) is 6.54 Å². The molecule has 0 bridgehead atoms. The van der Waals surface area contributed by atoms with Gasteiger partial charge in [0.2, 0.25) is 21.8 Å². The van der Waals surface area contributed by atoms with E-state index in [1.165, 1.54) is 23.8 Å². The van der Waals surface area contributed by atoms with Gasteiger partial charge in [-0.05, 0) is 31.9 Å². The zero-order valence-corrected chi connectivity index (χ0v) is 15.3. The molecule has 0 saturated carbocycles. The number of sulfonamides is 1. The molecule has 0 N–H and O–H groups in total. The Labute approximate surface area is 147 Å². The minimum absolute atomic E-state index is 0.262. The predicted octanol–water partition coefficient (Wildman–Crippen LogP) is 1.94. The molecule has 25 heavy (non-hydrogen) atoms. The molecule has 7 nitrogen and oxygen atoms in total. The Morgan fingerprint density at radius 3 is 2.68 bits per heavy atom. The Morgan fingerprint density at radius 2 is 1.96 bits per heavy atom. The van der Waals surface area contributed by atoms with Crippen molar-refractivity contribution < 1.29 is 17.9 Å². The first-order valence-electron chi connectivity index (χ1n) is 8.00. The standard InChI is InChI=1S/C17H21N3O4S/c1-12-4-5-15(13(2)8-12)25(21,22)20-7-6-14(11-20)24-17-10-18-9-16(19-17)23-3/h4-5,8-10,14H,6-7,11H2,1-3H3. The number of nitrogens with zero attached hydrogens (tertiary/aromatic N) is 3. The van der Waals surface area contributed by atoms with Crippen molar-refractivity contribution in [2.24, 2.45) is 0 Å². The van der Waals surface area contributed by atoms with Crippen LogP contribution in [0.15, 0.2) is 35.5 Å². The Hall–Kier alpha value is -2.19. The van der Waals surface area contributed by atoms with Gasteiger partial charge in [-0.25, -0.2) is 8.42 Å². The fourth-order valence-electron chi connectivity index (χ4n) is 2.90. The van der Waals surface area contributed by atoms with E-state index in [1.807, 2.05) is 26.0 Å². The molecule has 1 saturated heterocycles. The highest BCUT2D eigenvalue weighted by atomic mass is 32.2. The number of aromatic nitrogens is 2. The molecule has 1 atom stereocenters. The summed E-state index contributed by atoms with van der Waals surface area (Å²) in [5.74, 6) is 0.686. The summed E-state index contributed by atoms with van der Waals surface area (Å²) in [5.41, 5.74) is 1.79. The fraction of sp³-hybridized carbons (Fsp3) is 0.412. The molecule has 8 heteroatoms. The van der Waals surface area contributed by atoms with Crippen LogP contribution in [0, 0.1) is 13.8 Å². The summed E-state index contributed by atoms with van der Waals surface area (Å²) < 4.78 is 38.0. The van der Waals surface area contributed by atoms with E-state index in [0.29, 0.717) is 29.6 Å². The third kappa shape index (κ3) is 3.74. The molecule has 2 aromatic rings. The van der Waals surface area contributed by atoms with E-state index in [1.54, 1.807) is 6.07 Å². The maximum Gasteiger partial charge on any atom is 0.243 e. The molecule has 1 aromatic heterocycles. The van der Waals surface area contributed by atoms with Crippen molar-refractivity contribution in [1.82, 2.24) is 14.3 Å². The number of rotatable bonds is 5. The molecule has 134 valence electrons. The van der Waals surface area contributed by atoms with Crippen molar-refractivity contribution in [2.45, 2.75) is 31.3 Å². The highest BCUT2D eigenvalue weighted by Crippen LogP contribution is 2.26. The SMILES string of the molecule is COc1cncc(OC2CCN(S(=O)(=O)c3ccc(C)cc3C)C2)n1. The van der Waals surface area contributed by atoms with Crippen LogP contribution in [-0.4, -0.2) is 49.0 Å². The minimum Gasteiger partial charge on any atom is -0.480 e. The van der Waals surface area contributed by atoms with Crippen molar-refractivity contribution in [1.29, 1.82) is 0 Å². The molecular formula is C17H21N3O4S. The highest BCUT2D eigenvalue weighted by Gasteiger charge is 2.34. The number of aryl methyl sites for hydroxylation is 2. The minimum atomic E-state index is -3.53. The number of hydrogen-bond donors (Lipinski definition) is 0. The summed E-state index contributed by atoms with van der Waals surface area (Å²) in [7, 11) is -2.03. The Balaban J connectivity index is 1.73. The second-order valence-electron chi connectivity index (χ2n) is 6.06. The molecule has 3 rings (SSSR count). The lowest BCUT2D eigenvalue weighted by molar-refractivity contribution is 0.203. The van der Waals surface area contributed by atoms with Crippen molar-refractivity contribution in [2.75, 3.05) is 20.2 Å². The van der Waals surface area contributed by atoms with Gasteiger partial charge in [0.05, 0.1) is 30.9 Å². The third-order valence-corrected chi connectivity index (χ3v) is 6.17. The van der Waals surface area contributed by atoms with Crippen LogP contribution in [0.4, 0.5) is 0 Å². The molecule has 1 unspecified atom stereocenters. The maximum absolute atomic E-state index is 12.9. The van der Waals surface area contributed by atoms with Gasteiger partial charge in [-0.3, -0.25) is 4.98 Å². The first kappa shape index (κ1) is 17.6. The van der Waals surface area contributed by atoms with Crippen LogP contribution in [0.3, 0.4) is 0 Å². The van der Waals surface area contributed by atoms with E-state index in [0.717, 1.165) is 11.1 Å². The highest BCUT2D eigenvalue weighted by molar-refractivity contribution is 7.89. The van der Waals surface area contributed by atoms with E-state index >= 15 is 0 Å². The number of ether oxygens (including phenoxy) is 2. The molecule has 1 aliphatic rings. The first-order valence-corrected chi connectivity index (χ1v) is 9.44. The topological polar surface area (TPSA) is 81.6 Å². The Morgan fingerprint density at radius 1 is 1.20 bits per heavy atom. The number of benzene rings is 1. The van der Waals surface area contributed by atoms with Crippen molar-refractivity contribution >= 4 is 10.0 Å². The van der Waals surface area contributed by atoms with E-state index < -0.39 is 10.0 Å². The molecule has 1 aromatic carbocycles. The van der Waals surface area contributed by atoms with Gasteiger partial charge in [0.1, 0.15) is 6.10 Å². The Bertz CT molecular complexity index is 870. The van der Waals surface area contributed by atoms with E-state index in [2.05, 4.69) is 9.97 Å². The van der Waals surface area contributed by atoms with E-state index in [-0.39, 0.29) is 12.6 Å². The normalized spacial score (nSPS) is 18.3. The molecule has 1 aliphatic heterocycles. The van der Waals surface area contributed by atoms with Gasteiger partial charge in [-0.15, -0.1) is 0 Å². The molecule has 0 aliphatic carbocycles. The van der Waals surface area contributed by atoms with Gasteiger partial charge in [-0.1, -0.05) is 17.7 Å². The van der Waals surface area contributed by atoms with E-state index in [9.17, 15) is 8.42 Å². The van der Waals surface area contributed by atoms with Crippen LogP contribution in [0.25, 0.3) is 0 Å². The largest absolute Gasteiger partial charge is 0.480 e. The van der Waals surface area contributed by atoms with Gasteiger partial charge < -0.3 is 9.47 Å². The van der Waals surface area contributed by atoms with Crippen LogP contribution in [0.5, 0.6) is 11.8 Å². The van der Waals surface area contributed by atoms with Gasteiger partial charge >= 0.3 is 0 Å². The average molecular weight is 363 g/mol. The van der Waals surface area contributed by atoms with Crippen LogP contribution in [0.2, 0.25) is 0 Å². The van der Waals surface area contributed by atoms with Gasteiger partial charge in [0.25, 0.3) is 0 Å². The Kier molecular flexibility index (Phi) is 4.91. The number of methoxy groups -OCH3 is 1. The molecular weight excluding hydrogens is 342 g/mol. The molecule has 2 heterocycles. The summed E-state index contributed by atoms with van der Waals surface area (Å²) in [5, 5.41) is 0. The zero-order chi connectivity index (χ0) is 18.0. The van der Waals surface area contributed by atoms with Crippen LogP contribution >= 0.6 is 0 Å². The smallest absolute Gasteiger partial charge is 0.243 e. The predicted molar refractivity (Wildman–Crippen MR) is 92.3 cm³/mol. The summed E-state index contributed by atoms with van der Waals surface area (Å²) in [6.45, 7) is 4.46. The lowest BCUT2D eigenvalue weighted by atomic mass is 10.2. The zero-order valence-electron chi connectivity index (χ0n) is 14.5. The van der Waals surface area contributed by atoms with Crippen molar-refractivity contribution in [3.8, 4) is 11.8 Å². The summed E-state index contributed by atoms with van der Waals surface area (Å²) in [6, 6.07) is 5.36. The van der Waals surface area contributed by atoms with Gasteiger partial charge in [0.15, 0.2) is 0 Å². The summed E-state index contributed by atoms with van der Waals surface area (Å²) >= 11 is 0.